The van der Waals surface area contributed by atoms with E-state index in [9.17, 15) is 0 Å². The van der Waals surface area contributed by atoms with Gasteiger partial charge in [0.15, 0.2) is 0 Å². The molecule has 0 aromatic heterocycles. The minimum absolute atomic E-state index is 0.466. The zero-order chi connectivity index (χ0) is 13.1. The summed E-state index contributed by atoms with van der Waals surface area (Å²) in [5.41, 5.74) is 2.75. The van der Waals surface area contributed by atoms with Gasteiger partial charge in [-0.25, -0.2) is 0 Å². The summed E-state index contributed by atoms with van der Waals surface area (Å²) < 4.78 is 0. The maximum Gasteiger partial charge on any atom is 0.0294 e. The maximum absolute atomic E-state index is 3.82. The molecule has 1 aromatic carbocycles. The summed E-state index contributed by atoms with van der Waals surface area (Å²) in [6.45, 7) is 9.21. The van der Waals surface area contributed by atoms with Gasteiger partial charge in [0, 0.05) is 12.1 Å². The number of nitrogens with one attached hydrogen (secondary N) is 1. The molecule has 1 aliphatic carbocycles. The second-order valence-corrected chi connectivity index (χ2v) is 6.41. The number of benzene rings is 1. The lowest BCUT2D eigenvalue weighted by Gasteiger charge is -2.34. The van der Waals surface area contributed by atoms with Crippen LogP contribution in [0.1, 0.15) is 57.2 Å². The summed E-state index contributed by atoms with van der Waals surface area (Å²) in [4.78, 5) is 0. The average Bonchev–Trinajstić information content (AvgIpc) is 2.28. The second-order valence-electron chi connectivity index (χ2n) is 6.41. The third-order valence-electron chi connectivity index (χ3n) is 4.24. The topological polar surface area (TPSA) is 12.0 Å². The Morgan fingerprint density at radius 3 is 2.11 bits per heavy atom. The van der Waals surface area contributed by atoms with Crippen LogP contribution >= 0.6 is 0 Å². The Kier molecular flexibility index (Phi) is 4.45. The fourth-order valence-corrected chi connectivity index (χ4v) is 3.39. The molecule has 0 radical (unpaired) electrons. The van der Waals surface area contributed by atoms with E-state index in [-0.39, 0.29) is 0 Å². The first-order valence-corrected chi connectivity index (χ1v) is 7.37. The van der Waals surface area contributed by atoms with Crippen molar-refractivity contribution in [3.63, 3.8) is 0 Å². The fraction of sp³-hybridized carbons (Fsp3) is 0.647. The van der Waals surface area contributed by atoms with Gasteiger partial charge in [0.1, 0.15) is 0 Å². The van der Waals surface area contributed by atoms with E-state index >= 15 is 0 Å². The first-order valence-electron chi connectivity index (χ1n) is 7.37. The molecular formula is C17H27N. The van der Waals surface area contributed by atoms with Crippen molar-refractivity contribution >= 4 is 0 Å². The second kappa shape index (κ2) is 5.88. The molecule has 0 heterocycles. The molecule has 100 valence electrons. The molecule has 0 aliphatic heterocycles. The molecule has 1 saturated carbocycles. The van der Waals surface area contributed by atoms with E-state index in [1.807, 2.05) is 0 Å². The number of hydrogen-bond donors (Lipinski definition) is 1. The first-order chi connectivity index (χ1) is 8.54. The lowest BCUT2D eigenvalue weighted by atomic mass is 9.80. The van der Waals surface area contributed by atoms with Crippen LogP contribution in [0.5, 0.6) is 0 Å². The molecule has 1 nitrogen and oxygen atoms in total. The third kappa shape index (κ3) is 3.58. The molecule has 0 amide bonds. The van der Waals surface area contributed by atoms with Crippen molar-refractivity contribution in [3.05, 3.63) is 35.4 Å². The van der Waals surface area contributed by atoms with E-state index in [1.54, 1.807) is 0 Å². The van der Waals surface area contributed by atoms with E-state index in [1.165, 1.54) is 30.4 Å². The molecule has 1 fully saturated rings. The standard InChI is InChI=1S/C17H27N/c1-12-5-7-16(8-6-12)15(4)18-17-10-13(2)9-14(3)11-17/h5-8,13-15,17-18H,9-11H2,1-4H3/t13?,14?,15-,17?/m1/s1. The normalized spacial score (nSPS) is 30.1. The van der Waals surface area contributed by atoms with Gasteiger partial charge in [0.25, 0.3) is 0 Å². The van der Waals surface area contributed by atoms with E-state index < -0.39 is 0 Å². The van der Waals surface area contributed by atoms with Crippen LogP contribution in [-0.2, 0) is 0 Å². The number of rotatable bonds is 3. The lowest BCUT2D eigenvalue weighted by molar-refractivity contribution is 0.228. The summed E-state index contributed by atoms with van der Waals surface area (Å²) in [6, 6.07) is 10.1. The SMILES string of the molecule is Cc1ccc([C@@H](C)NC2CC(C)CC(C)C2)cc1. The Hall–Kier alpha value is -0.820. The minimum atomic E-state index is 0.466. The predicted molar refractivity (Wildman–Crippen MR) is 78.7 cm³/mol. The summed E-state index contributed by atoms with van der Waals surface area (Å²) in [7, 11) is 0. The highest BCUT2D eigenvalue weighted by Gasteiger charge is 2.24. The van der Waals surface area contributed by atoms with Gasteiger partial charge in [0.2, 0.25) is 0 Å². The van der Waals surface area contributed by atoms with Crippen molar-refractivity contribution < 1.29 is 0 Å². The van der Waals surface area contributed by atoms with E-state index in [4.69, 9.17) is 0 Å². The molecule has 0 bridgehead atoms. The molecule has 1 heteroatoms. The Morgan fingerprint density at radius 1 is 1.00 bits per heavy atom. The Labute approximate surface area is 112 Å². The van der Waals surface area contributed by atoms with Gasteiger partial charge in [-0.2, -0.15) is 0 Å². The van der Waals surface area contributed by atoms with E-state index in [0.29, 0.717) is 12.1 Å². The summed E-state index contributed by atoms with van der Waals surface area (Å²) in [5, 5.41) is 3.82. The first kappa shape index (κ1) is 13.6. The molecular weight excluding hydrogens is 218 g/mol. The van der Waals surface area contributed by atoms with Crippen LogP contribution in [0.3, 0.4) is 0 Å². The van der Waals surface area contributed by atoms with Crippen LogP contribution in [0, 0.1) is 18.8 Å². The molecule has 18 heavy (non-hydrogen) atoms. The molecule has 2 unspecified atom stereocenters. The van der Waals surface area contributed by atoms with Crippen LogP contribution in [0.4, 0.5) is 0 Å². The summed E-state index contributed by atoms with van der Waals surface area (Å²) in [6.07, 6.45) is 4.07. The van der Waals surface area contributed by atoms with Gasteiger partial charge in [-0.05, 0) is 50.5 Å². The largest absolute Gasteiger partial charge is 0.307 e. The van der Waals surface area contributed by atoms with Crippen LogP contribution < -0.4 is 5.32 Å². The summed E-state index contributed by atoms with van der Waals surface area (Å²) >= 11 is 0. The van der Waals surface area contributed by atoms with E-state index in [0.717, 1.165) is 11.8 Å². The average molecular weight is 245 g/mol. The minimum Gasteiger partial charge on any atom is -0.307 e. The van der Waals surface area contributed by atoms with Gasteiger partial charge < -0.3 is 5.32 Å². The Bertz CT molecular complexity index is 358. The zero-order valence-electron chi connectivity index (χ0n) is 12.2. The van der Waals surface area contributed by atoms with Gasteiger partial charge in [-0.1, -0.05) is 43.7 Å². The molecule has 1 N–H and O–H groups in total. The molecule has 1 aliphatic rings. The van der Waals surface area contributed by atoms with Gasteiger partial charge >= 0.3 is 0 Å². The summed E-state index contributed by atoms with van der Waals surface area (Å²) in [5.74, 6) is 1.74. The van der Waals surface area contributed by atoms with Crippen molar-refractivity contribution in [2.24, 2.45) is 11.8 Å². The van der Waals surface area contributed by atoms with Crippen LogP contribution in [0.2, 0.25) is 0 Å². The Balaban J connectivity index is 1.94. The fourth-order valence-electron chi connectivity index (χ4n) is 3.39. The van der Waals surface area contributed by atoms with E-state index in [2.05, 4.69) is 57.3 Å². The van der Waals surface area contributed by atoms with Crippen molar-refractivity contribution in [2.45, 2.75) is 59.0 Å². The highest BCUT2D eigenvalue weighted by Crippen LogP contribution is 2.29. The van der Waals surface area contributed by atoms with Crippen LogP contribution in [0.15, 0.2) is 24.3 Å². The monoisotopic (exact) mass is 245 g/mol. The predicted octanol–water partition coefficient (Wildman–Crippen LogP) is 4.47. The Morgan fingerprint density at radius 2 is 1.56 bits per heavy atom. The quantitative estimate of drug-likeness (QED) is 0.828. The molecule has 2 rings (SSSR count). The number of hydrogen-bond acceptors (Lipinski definition) is 1. The van der Waals surface area contributed by atoms with Crippen molar-refractivity contribution in [1.29, 1.82) is 0 Å². The van der Waals surface area contributed by atoms with Crippen molar-refractivity contribution in [3.8, 4) is 0 Å². The highest BCUT2D eigenvalue weighted by atomic mass is 14.9. The lowest BCUT2D eigenvalue weighted by Crippen LogP contribution is -2.37. The third-order valence-corrected chi connectivity index (χ3v) is 4.24. The maximum atomic E-state index is 3.82. The van der Waals surface area contributed by atoms with Crippen LogP contribution in [-0.4, -0.2) is 6.04 Å². The van der Waals surface area contributed by atoms with Crippen molar-refractivity contribution in [2.75, 3.05) is 0 Å². The van der Waals surface area contributed by atoms with Gasteiger partial charge in [-0.15, -0.1) is 0 Å². The van der Waals surface area contributed by atoms with Crippen LogP contribution in [0.25, 0.3) is 0 Å². The zero-order valence-corrected chi connectivity index (χ0v) is 12.2. The molecule has 0 saturated heterocycles. The van der Waals surface area contributed by atoms with Gasteiger partial charge in [0.05, 0.1) is 0 Å². The van der Waals surface area contributed by atoms with Crippen molar-refractivity contribution in [1.82, 2.24) is 5.32 Å². The highest BCUT2D eigenvalue weighted by molar-refractivity contribution is 5.23. The number of aryl methyl sites for hydroxylation is 1. The molecule has 3 atom stereocenters. The molecule has 0 spiro atoms. The molecule has 1 aromatic rings. The van der Waals surface area contributed by atoms with Gasteiger partial charge in [-0.3, -0.25) is 0 Å². The smallest absolute Gasteiger partial charge is 0.0294 e.